The van der Waals surface area contributed by atoms with E-state index in [0.717, 1.165) is 49.7 Å². The molecule has 1 aromatic heterocycles. The van der Waals surface area contributed by atoms with Gasteiger partial charge in [-0.2, -0.15) is 0 Å². The van der Waals surface area contributed by atoms with Gasteiger partial charge in [-0.15, -0.1) is 12.4 Å². The summed E-state index contributed by atoms with van der Waals surface area (Å²) in [5, 5.41) is 0.980. The number of nitrogens with zero attached hydrogens (tertiary/aromatic N) is 1. The van der Waals surface area contributed by atoms with Gasteiger partial charge in [0.25, 0.3) is 0 Å². The smallest absolute Gasteiger partial charge is 0.249 e. The number of rotatable bonds is 6. The summed E-state index contributed by atoms with van der Waals surface area (Å²) in [7, 11) is 0. The molecule has 34 heavy (non-hydrogen) atoms. The van der Waals surface area contributed by atoms with Crippen molar-refractivity contribution >= 4 is 29.2 Å². The van der Waals surface area contributed by atoms with Crippen LogP contribution in [0.15, 0.2) is 30.3 Å². The standard InChI is InChI=1S/C26H29F2N3O2.ClH/c1-2-9-31(17-12-21-18(26(29)32)5-6-22(28)25(21)33-14-17)13-15-3-7-23-19(10-15)20-11-16(27)4-8-24(20)30-23;/h4-6,8,11,15,17,30H,2-3,7,9-10,12-14H2,1H3,(H2,29,32);1H/t15-,17-;/m1./s1. The number of ether oxygens (including phenoxy) is 1. The van der Waals surface area contributed by atoms with Gasteiger partial charge in [-0.3, -0.25) is 9.69 Å². The Labute approximate surface area is 204 Å². The number of amides is 1. The van der Waals surface area contributed by atoms with Crippen LogP contribution in [0.1, 0.15) is 46.9 Å². The molecule has 1 amide bonds. The largest absolute Gasteiger partial charge is 0.489 e. The number of H-pyrrole nitrogens is 1. The van der Waals surface area contributed by atoms with Crippen molar-refractivity contribution in [2.75, 3.05) is 19.7 Å². The first-order valence-corrected chi connectivity index (χ1v) is 11.7. The average molecular weight is 490 g/mol. The van der Waals surface area contributed by atoms with E-state index >= 15 is 0 Å². The monoisotopic (exact) mass is 489 g/mol. The van der Waals surface area contributed by atoms with Crippen LogP contribution >= 0.6 is 12.4 Å². The highest BCUT2D eigenvalue weighted by molar-refractivity contribution is 5.95. The lowest BCUT2D eigenvalue weighted by atomic mass is 9.85. The molecule has 3 N–H and O–H groups in total. The Bertz CT molecular complexity index is 1210. The molecule has 0 unspecified atom stereocenters. The third-order valence-corrected chi connectivity index (χ3v) is 7.11. The van der Waals surface area contributed by atoms with Crippen molar-refractivity contribution in [3.05, 3.63) is 64.4 Å². The normalized spacial score (nSPS) is 19.3. The van der Waals surface area contributed by atoms with E-state index in [1.807, 2.05) is 6.07 Å². The van der Waals surface area contributed by atoms with E-state index in [2.05, 4.69) is 16.8 Å². The van der Waals surface area contributed by atoms with Gasteiger partial charge in [0.15, 0.2) is 11.6 Å². The minimum absolute atomic E-state index is 0. The summed E-state index contributed by atoms with van der Waals surface area (Å²) in [5.74, 6) is -0.654. The number of nitrogens with one attached hydrogen (secondary N) is 1. The van der Waals surface area contributed by atoms with Crippen LogP contribution in [-0.4, -0.2) is 41.5 Å². The Balaban J connectivity index is 0.00000274. The molecule has 2 heterocycles. The van der Waals surface area contributed by atoms with Crippen LogP contribution in [0.4, 0.5) is 8.78 Å². The topological polar surface area (TPSA) is 71.3 Å². The molecular weight excluding hydrogens is 460 g/mol. The molecule has 1 aliphatic heterocycles. The van der Waals surface area contributed by atoms with Crippen LogP contribution in [0.25, 0.3) is 10.9 Å². The van der Waals surface area contributed by atoms with Crippen LogP contribution in [0.3, 0.4) is 0 Å². The number of carbonyl (C=O) groups is 1. The summed E-state index contributed by atoms with van der Waals surface area (Å²) in [4.78, 5) is 17.8. The third-order valence-electron chi connectivity index (χ3n) is 7.11. The van der Waals surface area contributed by atoms with Crippen molar-refractivity contribution < 1.29 is 18.3 Å². The van der Waals surface area contributed by atoms with E-state index < -0.39 is 11.7 Å². The molecule has 0 bridgehead atoms. The van der Waals surface area contributed by atoms with Crippen molar-refractivity contribution in [1.29, 1.82) is 0 Å². The number of carbonyl (C=O) groups excluding carboxylic acids is 1. The molecule has 8 heteroatoms. The molecule has 2 atom stereocenters. The van der Waals surface area contributed by atoms with Crippen molar-refractivity contribution in [1.82, 2.24) is 9.88 Å². The molecule has 5 rings (SSSR count). The van der Waals surface area contributed by atoms with E-state index in [1.165, 1.54) is 29.5 Å². The highest BCUT2D eigenvalue weighted by Crippen LogP contribution is 2.35. The van der Waals surface area contributed by atoms with E-state index in [-0.39, 0.29) is 30.0 Å². The van der Waals surface area contributed by atoms with Crippen LogP contribution in [0.2, 0.25) is 0 Å². The Morgan fingerprint density at radius 1 is 1.21 bits per heavy atom. The second-order valence-corrected chi connectivity index (χ2v) is 9.31. The summed E-state index contributed by atoms with van der Waals surface area (Å²) in [6.45, 7) is 4.28. The summed E-state index contributed by atoms with van der Waals surface area (Å²) in [6.07, 6.45) is 4.39. The fourth-order valence-electron chi connectivity index (χ4n) is 5.56. The number of aromatic amines is 1. The maximum Gasteiger partial charge on any atom is 0.249 e. The van der Waals surface area contributed by atoms with Crippen LogP contribution in [-0.2, 0) is 19.3 Å². The van der Waals surface area contributed by atoms with Crippen molar-refractivity contribution in [3.63, 3.8) is 0 Å². The average Bonchev–Trinajstić information content (AvgIpc) is 3.16. The number of halogens is 3. The molecule has 0 saturated heterocycles. The van der Waals surface area contributed by atoms with Crippen LogP contribution in [0.5, 0.6) is 5.75 Å². The number of hydrogen-bond acceptors (Lipinski definition) is 3. The Morgan fingerprint density at radius 2 is 2.03 bits per heavy atom. The van der Waals surface area contributed by atoms with Gasteiger partial charge in [-0.25, -0.2) is 8.78 Å². The van der Waals surface area contributed by atoms with Gasteiger partial charge in [-0.05, 0) is 80.5 Å². The van der Waals surface area contributed by atoms with Crippen molar-refractivity contribution in [3.8, 4) is 5.75 Å². The Kier molecular flexibility index (Phi) is 7.14. The SMILES string of the molecule is CCCN(C[C@@H]1CCc2[nH]c3ccc(F)cc3c2C1)[C@H]1COc2c(F)ccc(C(N)=O)c2C1.Cl. The maximum atomic E-state index is 14.3. The molecule has 0 saturated carbocycles. The van der Waals surface area contributed by atoms with Gasteiger partial charge < -0.3 is 15.5 Å². The fourth-order valence-corrected chi connectivity index (χ4v) is 5.56. The van der Waals surface area contributed by atoms with E-state index in [9.17, 15) is 13.6 Å². The third kappa shape index (κ3) is 4.51. The highest BCUT2D eigenvalue weighted by Gasteiger charge is 2.32. The van der Waals surface area contributed by atoms with E-state index in [4.69, 9.17) is 10.5 Å². The number of aryl methyl sites for hydroxylation is 1. The quantitative estimate of drug-likeness (QED) is 0.523. The van der Waals surface area contributed by atoms with Crippen LogP contribution < -0.4 is 10.5 Å². The number of nitrogens with two attached hydrogens (primary N) is 1. The molecule has 2 aliphatic rings. The van der Waals surface area contributed by atoms with E-state index in [0.29, 0.717) is 30.1 Å². The highest BCUT2D eigenvalue weighted by atomic mass is 35.5. The van der Waals surface area contributed by atoms with Gasteiger partial charge in [0.05, 0.1) is 0 Å². The predicted molar refractivity (Wildman–Crippen MR) is 131 cm³/mol. The minimum atomic E-state index is -0.566. The van der Waals surface area contributed by atoms with Gasteiger partial charge in [-0.1, -0.05) is 6.92 Å². The maximum absolute atomic E-state index is 14.3. The Morgan fingerprint density at radius 3 is 2.79 bits per heavy atom. The number of fused-ring (bicyclic) bond motifs is 4. The van der Waals surface area contributed by atoms with Crippen molar-refractivity contribution in [2.45, 2.75) is 45.1 Å². The first kappa shape index (κ1) is 24.5. The number of hydrogen-bond donors (Lipinski definition) is 2. The lowest BCUT2D eigenvalue weighted by Gasteiger charge is -2.38. The van der Waals surface area contributed by atoms with E-state index in [1.54, 1.807) is 6.07 Å². The fraction of sp³-hybridized carbons (Fsp3) is 0.423. The molecule has 2 aromatic carbocycles. The predicted octanol–water partition coefficient (Wildman–Crippen LogP) is 4.79. The summed E-state index contributed by atoms with van der Waals surface area (Å²) < 4.78 is 34.0. The number of aromatic nitrogens is 1. The molecule has 0 radical (unpaired) electrons. The molecule has 1 aliphatic carbocycles. The number of benzene rings is 2. The summed E-state index contributed by atoms with van der Waals surface area (Å²) in [5.41, 5.74) is 9.87. The molecular formula is C26H30ClF2N3O2. The molecule has 0 spiro atoms. The zero-order valence-corrected chi connectivity index (χ0v) is 20.0. The zero-order valence-electron chi connectivity index (χ0n) is 19.2. The van der Waals surface area contributed by atoms with Gasteiger partial charge in [0.1, 0.15) is 12.4 Å². The van der Waals surface area contributed by atoms with Gasteiger partial charge in [0.2, 0.25) is 5.91 Å². The lowest BCUT2D eigenvalue weighted by Crippen LogP contribution is -2.46. The van der Waals surface area contributed by atoms with Gasteiger partial charge in [0, 0.05) is 40.3 Å². The van der Waals surface area contributed by atoms with Gasteiger partial charge >= 0.3 is 0 Å². The Hall–Kier alpha value is -2.64. The summed E-state index contributed by atoms with van der Waals surface area (Å²) in [6, 6.07) is 7.67. The van der Waals surface area contributed by atoms with Crippen molar-refractivity contribution in [2.24, 2.45) is 11.7 Å². The first-order valence-electron chi connectivity index (χ1n) is 11.7. The minimum Gasteiger partial charge on any atom is -0.489 e. The molecule has 0 fully saturated rings. The second-order valence-electron chi connectivity index (χ2n) is 9.31. The summed E-state index contributed by atoms with van der Waals surface area (Å²) >= 11 is 0. The second kappa shape index (κ2) is 9.92. The zero-order chi connectivity index (χ0) is 23.1. The first-order chi connectivity index (χ1) is 15.9. The molecule has 5 nitrogen and oxygen atoms in total. The molecule has 182 valence electrons. The molecule has 3 aromatic rings. The lowest BCUT2D eigenvalue weighted by molar-refractivity contribution is 0.0940. The van der Waals surface area contributed by atoms with Crippen LogP contribution in [0, 0.1) is 17.6 Å². The number of primary amides is 1.